The van der Waals surface area contributed by atoms with E-state index in [9.17, 15) is 4.79 Å². The topological polar surface area (TPSA) is 17.1 Å². The van der Waals surface area contributed by atoms with Crippen molar-refractivity contribution in [1.29, 1.82) is 0 Å². The first-order valence-electron chi connectivity index (χ1n) is 6.84. The lowest BCUT2D eigenvalue weighted by molar-refractivity contribution is -0.112. The molecule has 0 heterocycles. The molecule has 0 bridgehead atoms. The molecule has 0 spiro atoms. The largest absolute Gasteiger partial charge is 0.303 e. The van der Waals surface area contributed by atoms with Crippen molar-refractivity contribution in [2.24, 2.45) is 17.8 Å². The molecule has 0 aromatic heterocycles. The molecular weight excluding hydrogens is 184 g/mol. The number of aldehydes is 1. The van der Waals surface area contributed by atoms with E-state index < -0.39 is 0 Å². The molecule has 15 heavy (non-hydrogen) atoms. The Kier molecular flexibility index (Phi) is 4.22. The number of carbonyl (C=O) groups is 1. The van der Waals surface area contributed by atoms with E-state index in [4.69, 9.17) is 0 Å². The highest BCUT2D eigenvalue weighted by atomic mass is 16.1. The standard InChI is InChI=1S/C14H24O/c15-11-14-8-6-13(7-9-14)10-12-4-2-1-3-5-12/h11-14H,1-10H2. The average molecular weight is 208 g/mol. The van der Waals surface area contributed by atoms with Crippen molar-refractivity contribution >= 4 is 6.29 Å². The highest BCUT2D eigenvalue weighted by molar-refractivity contribution is 5.53. The molecule has 0 N–H and O–H groups in total. The van der Waals surface area contributed by atoms with Crippen LogP contribution in [0.15, 0.2) is 0 Å². The SMILES string of the molecule is O=CC1CCC(CC2CCCCC2)CC1. The molecule has 0 aromatic carbocycles. The summed E-state index contributed by atoms with van der Waals surface area (Å²) in [7, 11) is 0. The maximum atomic E-state index is 10.7. The molecule has 2 fully saturated rings. The third-order valence-electron chi connectivity index (χ3n) is 4.48. The molecule has 86 valence electrons. The zero-order valence-corrected chi connectivity index (χ0v) is 9.79. The third kappa shape index (κ3) is 3.32. The summed E-state index contributed by atoms with van der Waals surface area (Å²) < 4.78 is 0. The van der Waals surface area contributed by atoms with Crippen LogP contribution >= 0.6 is 0 Å². The molecule has 0 atom stereocenters. The molecule has 2 aliphatic carbocycles. The van der Waals surface area contributed by atoms with E-state index in [1.54, 1.807) is 0 Å². The Morgan fingerprint density at radius 2 is 1.40 bits per heavy atom. The van der Waals surface area contributed by atoms with Crippen molar-refractivity contribution in [2.75, 3.05) is 0 Å². The van der Waals surface area contributed by atoms with E-state index in [0.717, 1.165) is 11.8 Å². The zero-order valence-electron chi connectivity index (χ0n) is 9.79. The minimum atomic E-state index is 0.396. The van der Waals surface area contributed by atoms with E-state index in [2.05, 4.69) is 0 Å². The van der Waals surface area contributed by atoms with Crippen molar-refractivity contribution < 1.29 is 4.79 Å². The van der Waals surface area contributed by atoms with Gasteiger partial charge in [-0.15, -0.1) is 0 Å². The quantitative estimate of drug-likeness (QED) is 0.641. The van der Waals surface area contributed by atoms with Gasteiger partial charge in [0.2, 0.25) is 0 Å². The number of hydrogen-bond donors (Lipinski definition) is 0. The van der Waals surface area contributed by atoms with Crippen LogP contribution in [0.2, 0.25) is 0 Å². The van der Waals surface area contributed by atoms with E-state index in [1.807, 2.05) is 0 Å². The summed E-state index contributed by atoms with van der Waals surface area (Å²) in [5.74, 6) is 2.37. The fourth-order valence-electron chi connectivity index (χ4n) is 3.45. The normalized spacial score (nSPS) is 33.9. The van der Waals surface area contributed by atoms with Crippen LogP contribution in [-0.4, -0.2) is 6.29 Å². The van der Waals surface area contributed by atoms with Crippen LogP contribution in [0.1, 0.15) is 64.2 Å². The van der Waals surface area contributed by atoms with Gasteiger partial charge in [-0.05, 0) is 43.9 Å². The van der Waals surface area contributed by atoms with Crippen LogP contribution < -0.4 is 0 Å². The summed E-state index contributed by atoms with van der Waals surface area (Å²) in [6.07, 6.45) is 15.0. The summed E-state index contributed by atoms with van der Waals surface area (Å²) in [4.78, 5) is 10.7. The lowest BCUT2D eigenvalue weighted by Gasteiger charge is -2.30. The van der Waals surface area contributed by atoms with Gasteiger partial charge < -0.3 is 4.79 Å². The highest BCUT2D eigenvalue weighted by Crippen LogP contribution is 2.36. The molecule has 0 unspecified atom stereocenters. The first-order valence-corrected chi connectivity index (χ1v) is 6.84. The van der Waals surface area contributed by atoms with Crippen molar-refractivity contribution in [1.82, 2.24) is 0 Å². The molecule has 0 aliphatic heterocycles. The van der Waals surface area contributed by atoms with Gasteiger partial charge in [-0.2, -0.15) is 0 Å². The van der Waals surface area contributed by atoms with Gasteiger partial charge in [-0.25, -0.2) is 0 Å². The van der Waals surface area contributed by atoms with E-state index >= 15 is 0 Å². The first-order chi connectivity index (χ1) is 7.38. The van der Waals surface area contributed by atoms with Gasteiger partial charge >= 0.3 is 0 Å². The molecule has 2 rings (SSSR count). The van der Waals surface area contributed by atoms with Gasteiger partial charge in [0.25, 0.3) is 0 Å². The lowest BCUT2D eigenvalue weighted by atomic mass is 9.75. The molecule has 1 heteroatoms. The summed E-state index contributed by atoms with van der Waals surface area (Å²) in [5, 5.41) is 0. The Morgan fingerprint density at radius 3 is 2.00 bits per heavy atom. The summed E-state index contributed by atoms with van der Waals surface area (Å²) in [6.45, 7) is 0. The summed E-state index contributed by atoms with van der Waals surface area (Å²) >= 11 is 0. The van der Waals surface area contributed by atoms with Crippen LogP contribution in [0.5, 0.6) is 0 Å². The summed E-state index contributed by atoms with van der Waals surface area (Å²) in [6, 6.07) is 0. The Bertz CT molecular complexity index is 186. The number of hydrogen-bond acceptors (Lipinski definition) is 1. The van der Waals surface area contributed by atoms with Crippen LogP contribution in [0.3, 0.4) is 0 Å². The molecule has 1 nitrogen and oxygen atoms in total. The van der Waals surface area contributed by atoms with Crippen molar-refractivity contribution in [3.8, 4) is 0 Å². The van der Waals surface area contributed by atoms with Crippen molar-refractivity contribution in [3.63, 3.8) is 0 Å². The fourth-order valence-corrected chi connectivity index (χ4v) is 3.45. The van der Waals surface area contributed by atoms with Gasteiger partial charge in [-0.3, -0.25) is 0 Å². The minimum Gasteiger partial charge on any atom is -0.303 e. The lowest BCUT2D eigenvalue weighted by Crippen LogP contribution is -2.19. The van der Waals surface area contributed by atoms with Crippen molar-refractivity contribution in [2.45, 2.75) is 64.2 Å². The van der Waals surface area contributed by atoms with Crippen molar-refractivity contribution in [3.05, 3.63) is 0 Å². The number of carbonyl (C=O) groups excluding carboxylic acids is 1. The Balaban J connectivity index is 1.69. The van der Waals surface area contributed by atoms with Crippen LogP contribution in [0.4, 0.5) is 0 Å². The highest BCUT2D eigenvalue weighted by Gasteiger charge is 2.24. The monoisotopic (exact) mass is 208 g/mol. The zero-order chi connectivity index (χ0) is 10.5. The van der Waals surface area contributed by atoms with Crippen LogP contribution in [-0.2, 0) is 4.79 Å². The minimum absolute atomic E-state index is 0.396. The number of rotatable bonds is 3. The maximum Gasteiger partial charge on any atom is 0.123 e. The molecule has 2 saturated carbocycles. The van der Waals surface area contributed by atoms with Gasteiger partial charge in [0.05, 0.1) is 0 Å². The predicted molar refractivity (Wildman–Crippen MR) is 62.7 cm³/mol. The van der Waals surface area contributed by atoms with Crippen LogP contribution in [0.25, 0.3) is 0 Å². The van der Waals surface area contributed by atoms with E-state index in [0.29, 0.717) is 5.92 Å². The van der Waals surface area contributed by atoms with E-state index in [1.165, 1.54) is 70.5 Å². The van der Waals surface area contributed by atoms with Gasteiger partial charge in [0, 0.05) is 5.92 Å². The van der Waals surface area contributed by atoms with Crippen LogP contribution in [0, 0.1) is 17.8 Å². The van der Waals surface area contributed by atoms with Gasteiger partial charge in [-0.1, -0.05) is 32.1 Å². The van der Waals surface area contributed by atoms with E-state index in [-0.39, 0.29) is 0 Å². The molecule has 2 aliphatic rings. The third-order valence-corrected chi connectivity index (χ3v) is 4.48. The molecular formula is C14H24O. The second kappa shape index (κ2) is 5.67. The molecule has 0 amide bonds. The fraction of sp³-hybridized carbons (Fsp3) is 0.929. The summed E-state index contributed by atoms with van der Waals surface area (Å²) in [5.41, 5.74) is 0. The Labute approximate surface area is 93.6 Å². The second-order valence-corrected chi connectivity index (χ2v) is 5.66. The molecule has 0 saturated heterocycles. The van der Waals surface area contributed by atoms with Gasteiger partial charge in [0.15, 0.2) is 0 Å². The molecule has 0 aromatic rings. The maximum absolute atomic E-state index is 10.7. The smallest absolute Gasteiger partial charge is 0.123 e. The Hall–Kier alpha value is -0.330. The first kappa shape index (κ1) is 11.2. The Morgan fingerprint density at radius 1 is 0.800 bits per heavy atom. The second-order valence-electron chi connectivity index (χ2n) is 5.66. The van der Waals surface area contributed by atoms with Gasteiger partial charge in [0.1, 0.15) is 6.29 Å². The molecule has 0 radical (unpaired) electrons. The predicted octanol–water partition coefficient (Wildman–Crippen LogP) is 3.96. The average Bonchev–Trinajstić information content (AvgIpc) is 2.31.